The first kappa shape index (κ1) is 15.1. The molecule has 1 aromatic heterocycles. The van der Waals surface area contributed by atoms with E-state index in [4.69, 9.17) is 0 Å². The van der Waals surface area contributed by atoms with Gasteiger partial charge < -0.3 is 10.6 Å². The number of aryl methyl sites for hydroxylation is 1. The second-order valence-corrected chi connectivity index (χ2v) is 4.75. The highest BCUT2D eigenvalue weighted by molar-refractivity contribution is 5.79. The number of nitrogens with zero attached hydrogens (tertiary/aromatic N) is 3. The molecule has 112 valence electrons. The number of benzene rings is 1. The lowest BCUT2D eigenvalue weighted by Crippen LogP contribution is -2.36. The molecule has 0 saturated heterocycles. The van der Waals surface area contributed by atoms with E-state index in [0.717, 1.165) is 36.0 Å². The fourth-order valence-electron chi connectivity index (χ4n) is 2.04. The van der Waals surface area contributed by atoms with Crippen LogP contribution >= 0.6 is 0 Å². The van der Waals surface area contributed by atoms with Crippen molar-refractivity contribution in [2.24, 2.45) is 4.99 Å². The van der Waals surface area contributed by atoms with Crippen molar-refractivity contribution in [3.8, 4) is 5.69 Å². The first-order chi connectivity index (χ1) is 10.2. The van der Waals surface area contributed by atoms with Crippen molar-refractivity contribution in [1.82, 2.24) is 20.4 Å². The maximum atomic E-state index is 4.58. The van der Waals surface area contributed by atoms with Crippen LogP contribution in [0, 0.1) is 6.92 Å². The van der Waals surface area contributed by atoms with Gasteiger partial charge >= 0.3 is 0 Å². The van der Waals surface area contributed by atoms with Crippen LogP contribution in [0.1, 0.15) is 25.1 Å². The van der Waals surface area contributed by atoms with E-state index < -0.39 is 0 Å². The summed E-state index contributed by atoms with van der Waals surface area (Å²) in [5, 5.41) is 11.0. The van der Waals surface area contributed by atoms with E-state index in [1.54, 1.807) is 0 Å². The van der Waals surface area contributed by atoms with E-state index >= 15 is 0 Å². The second kappa shape index (κ2) is 7.47. The van der Waals surface area contributed by atoms with Crippen LogP contribution in [0.5, 0.6) is 0 Å². The van der Waals surface area contributed by atoms with Gasteiger partial charge in [-0.3, -0.25) is 0 Å². The predicted octanol–water partition coefficient (Wildman–Crippen LogP) is 2.26. The Morgan fingerprint density at radius 2 is 1.81 bits per heavy atom. The van der Waals surface area contributed by atoms with Gasteiger partial charge in [-0.25, -0.2) is 9.67 Å². The quantitative estimate of drug-likeness (QED) is 0.654. The Morgan fingerprint density at radius 3 is 2.43 bits per heavy atom. The molecular weight excluding hydrogens is 262 g/mol. The maximum absolute atomic E-state index is 4.58. The largest absolute Gasteiger partial charge is 0.357 e. The fraction of sp³-hybridized carbons (Fsp3) is 0.375. The lowest BCUT2D eigenvalue weighted by atomic mass is 10.3. The number of para-hydroxylation sites is 1. The average molecular weight is 285 g/mol. The first-order valence-electron chi connectivity index (χ1n) is 7.37. The summed E-state index contributed by atoms with van der Waals surface area (Å²) in [6, 6.07) is 10.1. The molecule has 0 spiro atoms. The zero-order chi connectivity index (χ0) is 15.1. The van der Waals surface area contributed by atoms with Crippen LogP contribution in [0.2, 0.25) is 0 Å². The molecule has 0 aliphatic rings. The molecule has 5 nitrogen and oxygen atoms in total. The van der Waals surface area contributed by atoms with Crippen molar-refractivity contribution in [1.29, 1.82) is 0 Å². The van der Waals surface area contributed by atoms with Crippen LogP contribution in [0.15, 0.2) is 41.5 Å². The second-order valence-electron chi connectivity index (χ2n) is 4.75. The van der Waals surface area contributed by atoms with Crippen LogP contribution in [0.4, 0.5) is 0 Å². The summed E-state index contributed by atoms with van der Waals surface area (Å²) in [7, 11) is 0. The molecule has 0 bridgehead atoms. The lowest BCUT2D eigenvalue weighted by Gasteiger charge is -2.08. The molecular formula is C16H23N5. The molecule has 0 amide bonds. The van der Waals surface area contributed by atoms with Crippen molar-refractivity contribution < 1.29 is 0 Å². The Bertz CT molecular complexity index is 578. The third-order valence-corrected chi connectivity index (χ3v) is 3.12. The number of aromatic nitrogens is 2. The van der Waals surface area contributed by atoms with E-state index in [1.807, 2.05) is 48.1 Å². The molecule has 0 fully saturated rings. The predicted molar refractivity (Wildman–Crippen MR) is 86.8 cm³/mol. The number of hydrogen-bond donors (Lipinski definition) is 2. The monoisotopic (exact) mass is 285 g/mol. The summed E-state index contributed by atoms with van der Waals surface area (Å²) in [6.07, 6.45) is 2.05. The summed E-state index contributed by atoms with van der Waals surface area (Å²) in [6.45, 7) is 8.47. The zero-order valence-electron chi connectivity index (χ0n) is 12.9. The highest BCUT2D eigenvalue weighted by Crippen LogP contribution is 2.12. The minimum absolute atomic E-state index is 0.619. The van der Waals surface area contributed by atoms with Crippen molar-refractivity contribution in [3.05, 3.63) is 47.8 Å². The summed E-state index contributed by atoms with van der Waals surface area (Å²) in [5.74, 6) is 0.840. The Labute approximate surface area is 126 Å². The molecule has 2 rings (SSSR count). The molecule has 2 N–H and O–H groups in total. The zero-order valence-corrected chi connectivity index (χ0v) is 12.9. The van der Waals surface area contributed by atoms with Crippen molar-refractivity contribution in [2.75, 3.05) is 13.1 Å². The normalized spacial score (nSPS) is 10.2. The highest BCUT2D eigenvalue weighted by Gasteiger charge is 2.06. The van der Waals surface area contributed by atoms with Crippen molar-refractivity contribution in [2.45, 2.75) is 27.3 Å². The minimum atomic E-state index is 0.619. The van der Waals surface area contributed by atoms with Gasteiger partial charge in [0.25, 0.3) is 0 Å². The molecule has 0 unspecified atom stereocenters. The maximum Gasteiger partial charge on any atom is 0.191 e. The fourth-order valence-corrected chi connectivity index (χ4v) is 2.04. The number of rotatable bonds is 5. The van der Waals surface area contributed by atoms with Crippen LogP contribution in [0.25, 0.3) is 5.69 Å². The van der Waals surface area contributed by atoms with Gasteiger partial charge in [0.05, 0.1) is 17.9 Å². The van der Waals surface area contributed by atoms with Gasteiger partial charge in [0.1, 0.15) is 0 Å². The number of hydrogen-bond acceptors (Lipinski definition) is 2. The molecule has 0 atom stereocenters. The standard InChI is InChI=1S/C16H23N5/c1-4-17-16(18-5-2)19-11-14-12-21(20-13(14)3)15-9-7-6-8-10-15/h6-10,12H,4-5,11H2,1-3H3,(H2,17,18,19). The van der Waals surface area contributed by atoms with Gasteiger partial charge in [0.2, 0.25) is 0 Å². The van der Waals surface area contributed by atoms with E-state index in [-0.39, 0.29) is 0 Å². The van der Waals surface area contributed by atoms with Crippen LogP contribution in [0.3, 0.4) is 0 Å². The topological polar surface area (TPSA) is 54.2 Å². The van der Waals surface area contributed by atoms with E-state index in [0.29, 0.717) is 6.54 Å². The Hall–Kier alpha value is -2.30. The molecule has 1 heterocycles. The smallest absolute Gasteiger partial charge is 0.191 e. The third-order valence-electron chi connectivity index (χ3n) is 3.12. The van der Waals surface area contributed by atoms with Crippen LogP contribution < -0.4 is 10.6 Å². The molecule has 21 heavy (non-hydrogen) atoms. The Balaban J connectivity index is 2.14. The van der Waals surface area contributed by atoms with E-state index in [9.17, 15) is 0 Å². The van der Waals surface area contributed by atoms with Gasteiger partial charge in [0.15, 0.2) is 5.96 Å². The summed E-state index contributed by atoms with van der Waals surface area (Å²) in [5.41, 5.74) is 3.21. The molecule has 2 aromatic rings. The van der Waals surface area contributed by atoms with Crippen LogP contribution in [-0.4, -0.2) is 28.8 Å². The molecule has 0 aliphatic carbocycles. The van der Waals surface area contributed by atoms with Gasteiger partial charge in [-0.15, -0.1) is 0 Å². The van der Waals surface area contributed by atoms with Gasteiger partial charge in [-0.1, -0.05) is 18.2 Å². The van der Waals surface area contributed by atoms with E-state index in [2.05, 4.69) is 34.6 Å². The summed E-state index contributed by atoms with van der Waals surface area (Å²) in [4.78, 5) is 4.58. The van der Waals surface area contributed by atoms with Gasteiger partial charge in [-0.2, -0.15) is 5.10 Å². The molecule has 0 aliphatic heterocycles. The van der Waals surface area contributed by atoms with Crippen LogP contribution in [-0.2, 0) is 6.54 Å². The Morgan fingerprint density at radius 1 is 1.14 bits per heavy atom. The van der Waals surface area contributed by atoms with Crippen molar-refractivity contribution in [3.63, 3.8) is 0 Å². The first-order valence-corrected chi connectivity index (χ1v) is 7.37. The third kappa shape index (κ3) is 4.08. The Kier molecular flexibility index (Phi) is 5.37. The molecule has 0 saturated carbocycles. The molecule has 0 radical (unpaired) electrons. The SMILES string of the molecule is CCNC(=NCc1cn(-c2ccccc2)nc1C)NCC. The van der Waals surface area contributed by atoms with Gasteiger partial charge in [0, 0.05) is 24.8 Å². The number of aliphatic imine (C=N–C) groups is 1. The molecule has 5 heteroatoms. The van der Waals surface area contributed by atoms with E-state index in [1.165, 1.54) is 0 Å². The average Bonchev–Trinajstić information content (AvgIpc) is 2.87. The van der Waals surface area contributed by atoms with Gasteiger partial charge in [-0.05, 0) is 32.9 Å². The van der Waals surface area contributed by atoms with Crippen molar-refractivity contribution >= 4 is 5.96 Å². The summed E-state index contributed by atoms with van der Waals surface area (Å²) >= 11 is 0. The highest BCUT2D eigenvalue weighted by atomic mass is 15.3. The summed E-state index contributed by atoms with van der Waals surface area (Å²) < 4.78 is 1.90. The number of guanidine groups is 1. The molecule has 1 aromatic carbocycles. The number of nitrogens with one attached hydrogen (secondary N) is 2. The minimum Gasteiger partial charge on any atom is -0.357 e. The lowest BCUT2D eigenvalue weighted by molar-refractivity contribution is 0.838.